The Balaban J connectivity index is 2.02. The molecule has 0 bridgehead atoms. The van der Waals surface area contributed by atoms with Crippen LogP contribution < -0.4 is 11.3 Å². The number of nitrogens with two attached hydrogens (primary N) is 1. The summed E-state index contributed by atoms with van der Waals surface area (Å²) in [5, 5.41) is 11.6. The molecule has 0 radical (unpaired) electrons. The summed E-state index contributed by atoms with van der Waals surface area (Å²) in [6.45, 7) is 1.07. The van der Waals surface area contributed by atoms with Crippen LogP contribution in [0.5, 0.6) is 0 Å². The normalized spacial score (nSPS) is 17.5. The zero-order valence-corrected chi connectivity index (χ0v) is 10.4. The molecule has 102 valence electrons. The molecule has 1 aliphatic rings. The van der Waals surface area contributed by atoms with Crippen molar-refractivity contribution in [2.45, 2.75) is 12.8 Å². The van der Waals surface area contributed by atoms with Gasteiger partial charge >= 0.3 is 0 Å². The van der Waals surface area contributed by atoms with E-state index < -0.39 is 0 Å². The number of oxime groups is 1. The molecule has 0 spiro atoms. The molecule has 7 nitrogen and oxygen atoms in total. The molecule has 19 heavy (non-hydrogen) atoms. The topological polar surface area (TPSA) is 112 Å². The van der Waals surface area contributed by atoms with Crippen LogP contribution in [0.1, 0.15) is 23.2 Å². The van der Waals surface area contributed by atoms with Crippen LogP contribution in [0.2, 0.25) is 0 Å². The minimum Gasteiger partial charge on any atom is -0.409 e. The SMILES string of the molecule is N/C(=N/O)C1CCN(C(=O)c2cc[nH]c(=O)c2)CC1. The second-order valence-corrected chi connectivity index (χ2v) is 4.53. The number of H-pyrrole nitrogens is 1. The standard InChI is InChI=1S/C12H16N4O3/c13-11(15-19)8-2-5-16(6-3-8)12(18)9-1-4-14-10(17)7-9/h1,4,7-8,19H,2-3,5-6H2,(H2,13,15)(H,14,17). The highest BCUT2D eigenvalue weighted by Crippen LogP contribution is 2.18. The number of aromatic nitrogens is 1. The van der Waals surface area contributed by atoms with Gasteiger partial charge in [0, 0.05) is 36.8 Å². The average Bonchev–Trinajstić information content (AvgIpc) is 2.46. The number of pyridine rings is 1. The van der Waals surface area contributed by atoms with Gasteiger partial charge in [0.05, 0.1) is 0 Å². The molecule has 1 fully saturated rings. The van der Waals surface area contributed by atoms with Crippen molar-refractivity contribution in [3.05, 3.63) is 34.2 Å². The highest BCUT2D eigenvalue weighted by atomic mass is 16.4. The summed E-state index contributed by atoms with van der Waals surface area (Å²) < 4.78 is 0. The lowest BCUT2D eigenvalue weighted by Crippen LogP contribution is -2.42. The number of piperidine rings is 1. The minimum atomic E-state index is -0.294. The molecule has 1 aromatic heterocycles. The van der Waals surface area contributed by atoms with E-state index in [9.17, 15) is 9.59 Å². The number of amidine groups is 1. The van der Waals surface area contributed by atoms with Crippen molar-refractivity contribution in [3.8, 4) is 0 Å². The average molecular weight is 264 g/mol. The highest BCUT2D eigenvalue weighted by molar-refractivity contribution is 5.94. The first kappa shape index (κ1) is 13.1. The number of carbonyl (C=O) groups excluding carboxylic acids is 1. The van der Waals surface area contributed by atoms with Crippen molar-refractivity contribution in [2.75, 3.05) is 13.1 Å². The van der Waals surface area contributed by atoms with Crippen LogP contribution in [-0.4, -0.2) is 39.9 Å². The van der Waals surface area contributed by atoms with E-state index in [-0.39, 0.29) is 23.2 Å². The van der Waals surface area contributed by atoms with Crippen molar-refractivity contribution < 1.29 is 10.0 Å². The van der Waals surface area contributed by atoms with Gasteiger partial charge in [-0.3, -0.25) is 9.59 Å². The van der Waals surface area contributed by atoms with Gasteiger partial charge in [-0.05, 0) is 18.9 Å². The zero-order valence-electron chi connectivity index (χ0n) is 10.4. The molecule has 1 aromatic rings. The van der Waals surface area contributed by atoms with Crippen molar-refractivity contribution in [1.82, 2.24) is 9.88 Å². The zero-order chi connectivity index (χ0) is 13.8. The number of carbonyl (C=O) groups is 1. The number of nitrogens with one attached hydrogen (secondary N) is 1. The van der Waals surface area contributed by atoms with E-state index in [0.717, 1.165) is 0 Å². The van der Waals surface area contributed by atoms with Crippen LogP contribution in [0.4, 0.5) is 0 Å². The fourth-order valence-electron chi connectivity index (χ4n) is 2.22. The van der Waals surface area contributed by atoms with Gasteiger partial charge in [-0.2, -0.15) is 0 Å². The Hall–Kier alpha value is -2.31. The van der Waals surface area contributed by atoms with Crippen molar-refractivity contribution in [1.29, 1.82) is 0 Å². The van der Waals surface area contributed by atoms with Gasteiger partial charge < -0.3 is 20.8 Å². The number of hydrogen-bond acceptors (Lipinski definition) is 4. The molecule has 1 saturated heterocycles. The molecular formula is C12H16N4O3. The van der Waals surface area contributed by atoms with Crippen LogP contribution >= 0.6 is 0 Å². The molecule has 4 N–H and O–H groups in total. The van der Waals surface area contributed by atoms with Gasteiger partial charge in [0.1, 0.15) is 5.84 Å². The van der Waals surface area contributed by atoms with Crippen LogP contribution in [0.3, 0.4) is 0 Å². The van der Waals surface area contributed by atoms with Gasteiger partial charge in [-0.25, -0.2) is 0 Å². The largest absolute Gasteiger partial charge is 0.409 e. The van der Waals surface area contributed by atoms with Gasteiger partial charge in [0.25, 0.3) is 5.91 Å². The molecule has 0 saturated carbocycles. The van der Waals surface area contributed by atoms with E-state index in [0.29, 0.717) is 31.5 Å². The fourth-order valence-corrected chi connectivity index (χ4v) is 2.22. The Labute approximate surface area is 109 Å². The third-order valence-electron chi connectivity index (χ3n) is 3.34. The number of rotatable bonds is 2. The van der Waals surface area contributed by atoms with E-state index in [1.807, 2.05) is 0 Å². The molecule has 1 amide bonds. The number of aromatic amines is 1. The number of amides is 1. The molecule has 0 aliphatic carbocycles. The molecule has 0 atom stereocenters. The number of likely N-dealkylation sites (tertiary alicyclic amines) is 1. The van der Waals surface area contributed by atoms with Gasteiger partial charge in [-0.1, -0.05) is 5.16 Å². The lowest BCUT2D eigenvalue weighted by molar-refractivity contribution is 0.0709. The minimum absolute atomic E-state index is 0.00762. The van der Waals surface area contributed by atoms with E-state index in [4.69, 9.17) is 10.9 Å². The number of nitrogens with zero attached hydrogens (tertiary/aromatic N) is 2. The van der Waals surface area contributed by atoms with Gasteiger partial charge in [0.15, 0.2) is 0 Å². The Kier molecular flexibility index (Phi) is 3.84. The molecule has 0 unspecified atom stereocenters. The first-order valence-corrected chi connectivity index (χ1v) is 6.07. The van der Waals surface area contributed by atoms with Gasteiger partial charge in [0.2, 0.25) is 5.56 Å². The highest BCUT2D eigenvalue weighted by Gasteiger charge is 2.25. The van der Waals surface area contributed by atoms with Crippen molar-refractivity contribution in [2.24, 2.45) is 16.8 Å². The first-order valence-electron chi connectivity index (χ1n) is 6.07. The quantitative estimate of drug-likeness (QED) is 0.301. The van der Waals surface area contributed by atoms with E-state index in [1.165, 1.54) is 12.3 Å². The third kappa shape index (κ3) is 2.93. The Bertz CT molecular complexity index is 544. The van der Waals surface area contributed by atoms with Crippen LogP contribution in [-0.2, 0) is 0 Å². The predicted molar refractivity (Wildman–Crippen MR) is 69.1 cm³/mol. The van der Waals surface area contributed by atoms with Crippen molar-refractivity contribution in [3.63, 3.8) is 0 Å². The third-order valence-corrected chi connectivity index (χ3v) is 3.34. The van der Waals surface area contributed by atoms with E-state index >= 15 is 0 Å². The maximum absolute atomic E-state index is 12.2. The fraction of sp³-hybridized carbons (Fsp3) is 0.417. The summed E-state index contributed by atoms with van der Waals surface area (Å²) in [4.78, 5) is 27.5. The lowest BCUT2D eigenvalue weighted by atomic mass is 9.95. The number of hydrogen-bond donors (Lipinski definition) is 3. The predicted octanol–water partition coefficient (Wildman–Crippen LogP) is -0.0265. The molecule has 7 heteroatoms. The first-order chi connectivity index (χ1) is 9.11. The van der Waals surface area contributed by atoms with Gasteiger partial charge in [-0.15, -0.1) is 0 Å². The second-order valence-electron chi connectivity index (χ2n) is 4.53. The molecule has 1 aliphatic heterocycles. The van der Waals surface area contributed by atoms with E-state index in [2.05, 4.69) is 10.1 Å². The summed E-state index contributed by atoms with van der Waals surface area (Å²) in [6.07, 6.45) is 2.77. The van der Waals surface area contributed by atoms with E-state index in [1.54, 1.807) is 11.0 Å². The summed E-state index contributed by atoms with van der Waals surface area (Å²) >= 11 is 0. The second kappa shape index (κ2) is 5.55. The monoisotopic (exact) mass is 264 g/mol. The molecular weight excluding hydrogens is 248 g/mol. The maximum atomic E-state index is 12.2. The Morgan fingerprint density at radius 2 is 2.16 bits per heavy atom. The molecule has 2 heterocycles. The van der Waals surface area contributed by atoms with Crippen molar-refractivity contribution >= 4 is 11.7 Å². The summed E-state index contributed by atoms with van der Waals surface area (Å²) in [5.74, 6) is 0.0561. The molecule has 2 rings (SSSR count). The summed E-state index contributed by atoms with van der Waals surface area (Å²) in [6, 6.07) is 2.87. The maximum Gasteiger partial charge on any atom is 0.254 e. The lowest BCUT2D eigenvalue weighted by Gasteiger charge is -2.31. The molecule has 0 aromatic carbocycles. The van der Waals surface area contributed by atoms with Crippen LogP contribution in [0.25, 0.3) is 0 Å². The Morgan fingerprint density at radius 1 is 1.47 bits per heavy atom. The Morgan fingerprint density at radius 3 is 2.74 bits per heavy atom. The van der Waals surface area contributed by atoms with Crippen LogP contribution in [0.15, 0.2) is 28.3 Å². The summed E-state index contributed by atoms with van der Waals surface area (Å²) in [5.41, 5.74) is 5.64. The van der Waals surface area contributed by atoms with Crippen LogP contribution in [0, 0.1) is 5.92 Å². The summed E-state index contributed by atoms with van der Waals surface area (Å²) in [7, 11) is 0. The smallest absolute Gasteiger partial charge is 0.254 e.